The molecule has 0 N–H and O–H groups in total. The van der Waals surface area contributed by atoms with Crippen LogP contribution in [0.2, 0.25) is 0 Å². The van der Waals surface area contributed by atoms with E-state index in [1.807, 2.05) is 31.2 Å². The Morgan fingerprint density at radius 3 is 2.50 bits per heavy atom. The van der Waals surface area contributed by atoms with Crippen LogP contribution >= 0.6 is 0 Å². The highest BCUT2D eigenvalue weighted by Crippen LogP contribution is 2.18. The number of hydrogen-bond donors (Lipinski definition) is 0. The van der Waals surface area contributed by atoms with Gasteiger partial charge in [-0.05, 0) is 12.5 Å². The number of rotatable bonds is 2. The molecule has 12 heavy (non-hydrogen) atoms. The zero-order valence-corrected chi connectivity index (χ0v) is 6.82. The quantitative estimate of drug-likeness (QED) is 0.599. The summed E-state index contributed by atoms with van der Waals surface area (Å²) in [5, 5.41) is 0. The first-order valence-electron chi connectivity index (χ1n) is 3.91. The van der Waals surface area contributed by atoms with Crippen molar-refractivity contribution in [2.45, 2.75) is 13.0 Å². The molecule has 1 heterocycles. The molecule has 1 atom stereocenters. The van der Waals surface area contributed by atoms with Crippen LogP contribution in [0.3, 0.4) is 0 Å². The van der Waals surface area contributed by atoms with Crippen LogP contribution in [-0.2, 0) is 4.79 Å². The Morgan fingerprint density at radius 2 is 2.00 bits per heavy atom. The van der Waals surface area contributed by atoms with Crippen molar-refractivity contribution in [1.29, 1.82) is 0 Å². The van der Waals surface area contributed by atoms with Crippen LogP contribution in [0.5, 0.6) is 0 Å². The van der Waals surface area contributed by atoms with Gasteiger partial charge in [-0.15, -0.1) is 0 Å². The van der Waals surface area contributed by atoms with Crippen LogP contribution < -0.4 is 0 Å². The van der Waals surface area contributed by atoms with E-state index >= 15 is 0 Å². The molecule has 60 valence electrons. The number of hydrogen-bond acceptors (Lipinski definition) is 2. The largest absolute Gasteiger partial charge is 0.301 e. The molecule has 0 aromatic heterocycles. The predicted octanol–water partition coefficient (Wildman–Crippen LogP) is 1.37. The molecule has 0 saturated heterocycles. The van der Waals surface area contributed by atoms with Gasteiger partial charge in [0.25, 0.3) is 0 Å². The zero-order chi connectivity index (χ0) is 8.55. The summed E-state index contributed by atoms with van der Waals surface area (Å²) in [5.74, 6) is 0. The molecule has 1 unspecified atom stereocenters. The summed E-state index contributed by atoms with van der Waals surface area (Å²) in [6.45, 7) is 2.04. The van der Waals surface area contributed by atoms with E-state index in [1.54, 1.807) is 0 Å². The first kappa shape index (κ1) is 7.22. The molecule has 0 bridgehead atoms. The molecule has 1 aliphatic heterocycles. The standard InChI is InChI=1S/C10H9NO/c1-7-2-4-8(5-3-7)10-9(6-12)11-10/h2-6,9H,1H3. The van der Waals surface area contributed by atoms with Crippen molar-refractivity contribution in [3.8, 4) is 0 Å². The fourth-order valence-electron chi connectivity index (χ4n) is 1.18. The molecule has 2 rings (SSSR count). The highest BCUT2D eigenvalue weighted by atomic mass is 16.1. The maximum Gasteiger partial charge on any atom is 0.150 e. The molecule has 2 nitrogen and oxygen atoms in total. The lowest BCUT2D eigenvalue weighted by Gasteiger charge is -1.93. The van der Waals surface area contributed by atoms with Crippen LogP contribution in [0.25, 0.3) is 0 Å². The van der Waals surface area contributed by atoms with Crippen LogP contribution in [0.4, 0.5) is 0 Å². The third kappa shape index (κ3) is 1.16. The molecule has 0 amide bonds. The minimum absolute atomic E-state index is 0.160. The highest BCUT2D eigenvalue weighted by Gasteiger charge is 2.27. The molecule has 1 aromatic rings. The molecule has 0 saturated carbocycles. The number of aryl methyl sites for hydroxylation is 1. The summed E-state index contributed by atoms with van der Waals surface area (Å²) < 4.78 is 0. The molecule has 1 aliphatic rings. The molecular weight excluding hydrogens is 150 g/mol. The first-order valence-corrected chi connectivity index (χ1v) is 3.91. The van der Waals surface area contributed by atoms with E-state index in [4.69, 9.17) is 0 Å². The molecule has 2 heteroatoms. The third-order valence-corrected chi connectivity index (χ3v) is 1.97. The number of benzene rings is 1. The van der Waals surface area contributed by atoms with Gasteiger partial charge in [-0.1, -0.05) is 29.8 Å². The maximum absolute atomic E-state index is 10.3. The Kier molecular flexibility index (Phi) is 1.54. The predicted molar refractivity (Wildman–Crippen MR) is 47.6 cm³/mol. The van der Waals surface area contributed by atoms with Crippen LogP contribution in [0.1, 0.15) is 11.1 Å². The molecule has 0 spiro atoms. The van der Waals surface area contributed by atoms with Crippen molar-refractivity contribution < 1.29 is 4.79 Å². The Morgan fingerprint density at radius 1 is 1.33 bits per heavy atom. The second-order valence-electron chi connectivity index (χ2n) is 2.96. The van der Waals surface area contributed by atoms with E-state index < -0.39 is 0 Å². The van der Waals surface area contributed by atoms with E-state index in [2.05, 4.69) is 4.99 Å². The molecular formula is C10H9NO. The topological polar surface area (TPSA) is 29.4 Å². The van der Waals surface area contributed by atoms with Gasteiger partial charge in [-0.25, -0.2) is 0 Å². The molecule has 1 aromatic carbocycles. The van der Waals surface area contributed by atoms with Crippen molar-refractivity contribution in [3.05, 3.63) is 35.4 Å². The average molecular weight is 159 g/mol. The smallest absolute Gasteiger partial charge is 0.150 e. The zero-order valence-electron chi connectivity index (χ0n) is 6.82. The minimum atomic E-state index is -0.160. The van der Waals surface area contributed by atoms with Gasteiger partial charge in [0, 0.05) is 0 Å². The fraction of sp³-hybridized carbons (Fsp3) is 0.200. The third-order valence-electron chi connectivity index (χ3n) is 1.97. The Balaban J connectivity index is 2.21. The monoisotopic (exact) mass is 159 g/mol. The lowest BCUT2D eigenvalue weighted by Crippen LogP contribution is -1.99. The van der Waals surface area contributed by atoms with Gasteiger partial charge >= 0.3 is 0 Å². The van der Waals surface area contributed by atoms with E-state index in [-0.39, 0.29) is 6.04 Å². The number of aldehydes is 1. The normalized spacial score (nSPS) is 20.1. The summed E-state index contributed by atoms with van der Waals surface area (Å²) >= 11 is 0. The van der Waals surface area contributed by atoms with E-state index in [0.717, 1.165) is 17.6 Å². The minimum Gasteiger partial charge on any atom is -0.301 e. The average Bonchev–Trinajstić information content (AvgIpc) is 2.85. The Bertz CT molecular complexity index is 337. The van der Waals surface area contributed by atoms with Crippen molar-refractivity contribution >= 4 is 12.0 Å². The molecule has 0 radical (unpaired) electrons. The van der Waals surface area contributed by atoms with E-state index in [1.165, 1.54) is 5.56 Å². The van der Waals surface area contributed by atoms with Gasteiger partial charge in [0.2, 0.25) is 0 Å². The van der Waals surface area contributed by atoms with Gasteiger partial charge in [0.15, 0.2) is 6.29 Å². The van der Waals surface area contributed by atoms with Crippen molar-refractivity contribution in [2.24, 2.45) is 4.99 Å². The summed E-state index contributed by atoms with van der Waals surface area (Å²) in [7, 11) is 0. The van der Waals surface area contributed by atoms with Crippen LogP contribution in [-0.4, -0.2) is 18.0 Å². The van der Waals surface area contributed by atoms with Crippen LogP contribution in [0, 0.1) is 6.92 Å². The molecule has 0 aliphatic carbocycles. The van der Waals surface area contributed by atoms with Crippen LogP contribution in [0.15, 0.2) is 29.3 Å². The fourth-order valence-corrected chi connectivity index (χ4v) is 1.18. The summed E-state index contributed by atoms with van der Waals surface area (Å²) in [6.07, 6.45) is 0.870. The number of carbonyl (C=O) groups excluding carboxylic acids is 1. The maximum atomic E-state index is 10.3. The lowest BCUT2D eigenvalue weighted by atomic mass is 10.1. The second-order valence-corrected chi connectivity index (χ2v) is 2.96. The Hall–Kier alpha value is -1.44. The van der Waals surface area contributed by atoms with Crippen molar-refractivity contribution in [3.63, 3.8) is 0 Å². The Labute approximate surface area is 70.9 Å². The van der Waals surface area contributed by atoms with Gasteiger partial charge in [-0.2, -0.15) is 0 Å². The highest BCUT2D eigenvalue weighted by molar-refractivity contribution is 6.21. The summed E-state index contributed by atoms with van der Waals surface area (Å²) in [4.78, 5) is 14.3. The van der Waals surface area contributed by atoms with Crippen molar-refractivity contribution in [1.82, 2.24) is 0 Å². The number of aliphatic imine (C=N–C) groups is 1. The van der Waals surface area contributed by atoms with Crippen molar-refractivity contribution in [2.75, 3.05) is 0 Å². The number of carbonyl (C=O) groups is 1. The van der Waals surface area contributed by atoms with Gasteiger partial charge in [0.1, 0.15) is 6.04 Å². The summed E-state index contributed by atoms with van der Waals surface area (Å²) in [6, 6.07) is 7.89. The lowest BCUT2D eigenvalue weighted by molar-refractivity contribution is -0.107. The molecule has 0 fully saturated rings. The van der Waals surface area contributed by atoms with E-state index in [9.17, 15) is 4.79 Å². The second kappa shape index (κ2) is 2.55. The first-order chi connectivity index (χ1) is 5.81. The van der Waals surface area contributed by atoms with E-state index in [0.29, 0.717) is 0 Å². The van der Waals surface area contributed by atoms with Gasteiger partial charge in [0.05, 0.1) is 5.71 Å². The van der Waals surface area contributed by atoms with Gasteiger partial charge < -0.3 is 4.79 Å². The summed E-state index contributed by atoms with van der Waals surface area (Å²) in [5.41, 5.74) is 3.21. The van der Waals surface area contributed by atoms with Gasteiger partial charge in [-0.3, -0.25) is 4.99 Å². The number of nitrogens with zero attached hydrogens (tertiary/aromatic N) is 1. The SMILES string of the molecule is Cc1ccc(C2=NC2C=O)cc1.